The van der Waals surface area contributed by atoms with Crippen LogP contribution in [0.5, 0.6) is 5.75 Å². The van der Waals surface area contributed by atoms with Crippen molar-refractivity contribution < 1.29 is 19.5 Å². The Labute approximate surface area is 150 Å². The van der Waals surface area contributed by atoms with Crippen LogP contribution in [-0.2, 0) is 9.59 Å². The number of nitrogens with one attached hydrogen (secondary N) is 2. The van der Waals surface area contributed by atoms with E-state index in [-0.39, 0.29) is 23.9 Å². The van der Waals surface area contributed by atoms with Gasteiger partial charge in [0.15, 0.2) is 0 Å². The van der Waals surface area contributed by atoms with E-state index >= 15 is 0 Å². The molecule has 7 nitrogen and oxygen atoms in total. The van der Waals surface area contributed by atoms with Gasteiger partial charge in [0.1, 0.15) is 5.75 Å². The van der Waals surface area contributed by atoms with Gasteiger partial charge in [-0.15, -0.1) is 0 Å². The zero-order valence-electron chi connectivity index (χ0n) is 14.1. The lowest BCUT2D eigenvalue weighted by Gasteiger charge is -2.15. The molecule has 0 atom stereocenters. The van der Waals surface area contributed by atoms with Crippen LogP contribution in [0, 0.1) is 0 Å². The molecule has 0 unspecified atom stereocenters. The SMILES string of the molecule is O=C(CNC(=O)c1ccc(N2CCCC2=O)cc1)Nc1ccccc1O. The first-order valence-electron chi connectivity index (χ1n) is 8.31. The van der Waals surface area contributed by atoms with E-state index in [9.17, 15) is 19.5 Å². The normalized spacial score (nSPS) is 13.5. The molecule has 0 bridgehead atoms. The second kappa shape index (κ2) is 7.69. The Morgan fingerprint density at radius 1 is 1.08 bits per heavy atom. The minimum absolute atomic E-state index is 0.0424. The maximum Gasteiger partial charge on any atom is 0.251 e. The van der Waals surface area contributed by atoms with Crippen molar-refractivity contribution >= 4 is 29.1 Å². The monoisotopic (exact) mass is 353 g/mol. The fourth-order valence-corrected chi connectivity index (χ4v) is 2.75. The van der Waals surface area contributed by atoms with E-state index in [1.165, 1.54) is 6.07 Å². The molecule has 2 aromatic rings. The van der Waals surface area contributed by atoms with Gasteiger partial charge in [0.05, 0.1) is 12.2 Å². The molecule has 0 radical (unpaired) electrons. The summed E-state index contributed by atoms with van der Waals surface area (Å²) in [6.45, 7) is 0.469. The van der Waals surface area contributed by atoms with E-state index in [2.05, 4.69) is 10.6 Å². The van der Waals surface area contributed by atoms with Gasteiger partial charge in [-0.25, -0.2) is 0 Å². The Balaban J connectivity index is 1.54. The molecule has 1 heterocycles. The number of anilines is 2. The third-order valence-corrected chi connectivity index (χ3v) is 4.10. The molecule has 1 aliphatic rings. The molecule has 7 heteroatoms. The van der Waals surface area contributed by atoms with Gasteiger partial charge in [0.2, 0.25) is 11.8 Å². The lowest BCUT2D eigenvalue weighted by atomic mass is 10.2. The van der Waals surface area contributed by atoms with Crippen molar-refractivity contribution in [3.63, 3.8) is 0 Å². The number of hydrogen-bond acceptors (Lipinski definition) is 4. The average molecular weight is 353 g/mol. The first-order chi connectivity index (χ1) is 12.5. The van der Waals surface area contributed by atoms with Gasteiger partial charge in [0, 0.05) is 24.2 Å². The number of para-hydroxylation sites is 2. The molecule has 0 aliphatic carbocycles. The van der Waals surface area contributed by atoms with Crippen molar-refractivity contribution in [3.05, 3.63) is 54.1 Å². The molecule has 1 aliphatic heterocycles. The molecular weight excluding hydrogens is 334 g/mol. The van der Waals surface area contributed by atoms with E-state index in [0.717, 1.165) is 12.1 Å². The third kappa shape index (κ3) is 4.00. The zero-order chi connectivity index (χ0) is 18.5. The molecule has 3 amide bonds. The first kappa shape index (κ1) is 17.5. The summed E-state index contributed by atoms with van der Waals surface area (Å²) >= 11 is 0. The molecule has 0 spiro atoms. The van der Waals surface area contributed by atoms with E-state index in [1.807, 2.05) is 0 Å². The van der Waals surface area contributed by atoms with Crippen LogP contribution in [0.15, 0.2) is 48.5 Å². The largest absolute Gasteiger partial charge is 0.506 e. The quantitative estimate of drug-likeness (QED) is 0.715. The van der Waals surface area contributed by atoms with Gasteiger partial charge in [-0.1, -0.05) is 12.1 Å². The smallest absolute Gasteiger partial charge is 0.251 e. The highest BCUT2D eigenvalue weighted by atomic mass is 16.3. The third-order valence-electron chi connectivity index (χ3n) is 4.10. The Morgan fingerprint density at radius 3 is 2.46 bits per heavy atom. The van der Waals surface area contributed by atoms with E-state index in [1.54, 1.807) is 47.4 Å². The summed E-state index contributed by atoms with van der Waals surface area (Å²) in [7, 11) is 0. The van der Waals surface area contributed by atoms with Crippen LogP contribution in [0.2, 0.25) is 0 Å². The Bertz CT molecular complexity index is 833. The van der Waals surface area contributed by atoms with Crippen LogP contribution in [-0.4, -0.2) is 35.9 Å². The predicted octanol–water partition coefficient (Wildman–Crippen LogP) is 1.89. The van der Waals surface area contributed by atoms with Gasteiger partial charge in [0.25, 0.3) is 5.91 Å². The number of phenolic OH excluding ortho intramolecular Hbond substituents is 1. The van der Waals surface area contributed by atoms with Crippen LogP contribution in [0.3, 0.4) is 0 Å². The van der Waals surface area contributed by atoms with Crippen LogP contribution >= 0.6 is 0 Å². The minimum Gasteiger partial charge on any atom is -0.506 e. The molecule has 0 aromatic heterocycles. The molecule has 1 fully saturated rings. The number of hydrogen-bond donors (Lipinski definition) is 3. The van der Waals surface area contributed by atoms with Crippen molar-refractivity contribution in [2.75, 3.05) is 23.3 Å². The minimum atomic E-state index is -0.445. The zero-order valence-corrected chi connectivity index (χ0v) is 14.1. The second-order valence-corrected chi connectivity index (χ2v) is 5.94. The Kier molecular flexibility index (Phi) is 5.17. The molecular formula is C19H19N3O4. The van der Waals surface area contributed by atoms with E-state index in [0.29, 0.717) is 18.5 Å². The summed E-state index contributed by atoms with van der Waals surface area (Å²) in [6, 6.07) is 13.0. The van der Waals surface area contributed by atoms with Crippen LogP contribution in [0.1, 0.15) is 23.2 Å². The highest BCUT2D eigenvalue weighted by Crippen LogP contribution is 2.22. The lowest BCUT2D eigenvalue weighted by Crippen LogP contribution is -2.32. The summed E-state index contributed by atoms with van der Waals surface area (Å²) < 4.78 is 0. The van der Waals surface area contributed by atoms with Gasteiger partial charge >= 0.3 is 0 Å². The van der Waals surface area contributed by atoms with Crippen LogP contribution in [0.25, 0.3) is 0 Å². The fraction of sp³-hybridized carbons (Fsp3) is 0.211. The number of nitrogens with zero attached hydrogens (tertiary/aromatic N) is 1. The maximum atomic E-state index is 12.1. The van der Waals surface area contributed by atoms with Gasteiger partial charge in [-0.3, -0.25) is 14.4 Å². The maximum absolute atomic E-state index is 12.1. The van der Waals surface area contributed by atoms with Gasteiger partial charge in [-0.05, 0) is 42.8 Å². The lowest BCUT2D eigenvalue weighted by molar-refractivity contribution is -0.117. The predicted molar refractivity (Wildman–Crippen MR) is 97.1 cm³/mol. The Morgan fingerprint density at radius 2 is 1.81 bits per heavy atom. The summed E-state index contributed by atoms with van der Waals surface area (Å²) in [5.41, 5.74) is 1.45. The van der Waals surface area contributed by atoms with Crippen molar-refractivity contribution in [2.24, 2.45) is 0 Å². The molecule has 134 valence electrons. The number of amides is 3. The second-order valence-electron chi connectivity index (χ2n) is 5.94. The topological polar surface area (TPSA) is 98.7 Å². The summed E-state index contributed by atoms with van der Waals surface area (Å²) in [5.74, 6) is -0.793. The van der Waals surface area contributed by atoms with Crippen LogP contribution in [0.4, 0.5) is 11.4 Å². The number of carbonyl (C=O) groups excluding carboxylic acids is 3. The van der Waals surface area contributed by atoms with Crippen molar-refractivity contribution in [2.45, 2.75) is 12.8 Å². The molecule has 2 aromatic carbocycles. The molecule has 26 heavy (non-hydrogen) atoms. The molecule has 3 N–H and O–H groups in total. The number of rotatable bonds is 5. The van der Waals surface area contributed by atoms with E-state index in [4.69, 9.17) is 0 Å². The number of aromatic hydroxyl groups is 1. The summed E-state index contributed by atoms with van der Waals surface area (Å²) in [4.78, 5) is 37.5. The number of phenols is 1. The fourth-order valence-electron chi connectivity index (χ4n) is 2.75. The first-order valence-corrected chi connectivity index (χ1v) is 8.31. The number of benzene rings is 2. The van der Waals surface area contributed by atoms with E-state index < -0.39 is 11.8 Å². The highest BCUT2D eigenvalue weighted by molar-refractivity contribution is 6.00. The van der Waals surface area contributed by atoms with Crippen molar-refractivity contribution in [1.29, 1.82) is 0 Å². The molecule has 0 saturated carbocycles. The molecule has 3 rings (SSSR count). The summed E-state index contributed by atoms with van der Waals surface area (Å²) in [6.07, 6.45) is 1.39. The number of carbonyl (C=O) groups is 3. The van der Waals surface area contributed by atoms with Gasteiger partial charge in [-0.2, -0.15) is 0 Å². The van der Waals surface area contributed by atoms with Crippen molar-refractivity contribution in [3.8, 4) is 5.75 Å². The molecule has 1 saturated heterocycles. The van der Waals surface area contributed by atoms with Crippen molar-refractivity contribution in [1.82, 2.24) is 5.32 Å². The standard InChI is InChI=1S/C19H19N3O4/c23-16-5-2-1-4-15(16)21-17(24)12-20-19(26)13-7-9-14(10-8-13)22-11-3-6-18(22)25/h1-2,4-5,7-10,23H,3,6,11-12H2,(H,20,26)(H,21,24). The average Bonchev–Trinajstić information content (AvgIpc) is 3.08. The van der Waals surface area contributed by atoms with Gasteiger partial charge < -0.3 is 20.6 Å². The summed E-state index contributed by atoms with van der Waals surface area (Å²) in [5, 5.41) is 14.7. The highest BCUT2D eigenvalue weighted by Gasteiger charge is 2.21. The Hall–Kier alpha value is -3.35. The van der Waals surface area contributed by atoms with Crippen LogP contribution < -0.4 is 15.5 Å².